The fraction of sp³-hybridized carbons (Fsp3) is 0.500. The summed E-state index contributed by atoms with van der Waals surface area (Å²) in [5.74, 6) is 0.729. The van der Waals surface area contributed by atoms with Crippen LogP contribution in [0.3, 0.4) is 0 Å². The minimum Gasteiger partial charge on any atom is -0.359 e. The third kappa shape index (κ3) is 3.11. The van der Waals surface area contributed by atoms with Gasteiger partial charge in [0.25, 0.3) is 11.6 Å². The molecule has 4 rings (SSSR count). The number of fused-ring (bicyclic) bond motifs is 1. The minimum atomic E-state index is -0.0820. The maximum absolute atomic E-state index is 13.5. The van der Waals surface area contributed by atoms with Gasteiger partial charge in [-0.05, 0) is 38.7 Å². The maximum atomic E-state index is 13.5. The molecule has 0 aliphatic carbocycles. The van der Waals surface area contributed by atoms with E-state index in [9.17, 15) is 4.79 Å². The van der Waals surface area contributed by atoms with Crippen LogP contribution in [-0.2, 0) is 12.8 Å². The summed E-state index contributed by atoms with van der Waals surface area (Å²) in [4.78, 5) is 19.9. The lowest BCUT2D eigenvalue weighted by Gasteiger charge is -2.23. The van der Waals surface area contributed by atoms with Crippen molar-refractivity contribution in [3.8, 4) is 0 Å². The van der Waals surface area contributed by atoms with E-state index < -0.39 is 0 Å². The van der Waals surface area contributed by atoms with E-state index in [1.165, 1.54) is 0 Å². The van der Waals surface area contributed by atoms with E-state index in [1.807, 2.05) is 30.9 Å². The van der Waals surface area contributed by atoms with Crippen molar-refractivity contribution in [2.45, 2.75) is 58.9 Å². The highest BCUT2D eigenvalue weighted by molar-refractivity contribution is 6.06. The second-order valence-electron chi connectivity index (χ2n) is 7.10. The number of pyridine rings is 1. The van der Waals surface area contributed by atoms with Crippen molar-refractivity contribution >= 4 is 17.0 Å². The van der Waals surface area contributed by atoms with Gasteiger partial charge in [-0.1, -0.05) is 30.6 Å². The highest BCUT2D eigenvalue weighted by Crippen LogP contribution is 2.35. The lowest BCUT2D eigenvalue weighted by Crippen LogP contribution is -2.30. The van der Waals surface area contributed by atoms with Crippen molar-refractivity contribution in [1.29, 1.82) is 0 Å². The molecule has 7 heteroatoms. The lowest BCUT2D eigenvalue weighted by atomic mass is 10.0. The first-order valence-electron chi connectivity index (χ1n) is 9.64. The summed E-state index contributed by atoms with van der Waals surface area (Å²) < 4.78 is 10.9. The van der Waals surface area contributed by atoms with Crippen molar-refractivity contribution in [2.24, 2.45) is 0 Å². The summed E-state index contributed by atoms with van der Waals surface area (Å²) in [7, 11) is 0. The quantitative estimate of drug-likeness (QED) is 0.676. The molecule has 142 valence electrons. The van der Waals surface area contributed by atoms with E-state index >= 15 is 0 Å². The smallest absolute Gasteiger partial charge is 0.259 e. The molecule has 1 fully saturated rings. The number of rotatable bonds is 5. The first kappa shape index (κ1) is 17.7. The van der Waals surface area contributed by atoms with Crippen LogP contribution in [0.4, 0.5) is 0 Å². The largest absolute Gasteiger partial charge is 0.359 e. The van der Waals surface area contributed by atoms with Gasteiger partial charge in [-0.25, -0.2) is 4.98 Å². The number of likely N-dealkylation sites (tertiary alicyclic amines) is 1. The predicted octanol–water partition coefficient (Wildman–Crippen LogP) is 4.01. The number of carbonyl (C=O) groups is 1. The van der Waals surface area contributed by atoms with Crippen LogP contribution in [-0.4, -0.2) is 32.6 Å². The SMILES string of the molecule is CCCc1noc2nc(CC)cc(C(=O)N3CCCC3c3cc(C)no3)c12. The van der Waals surface area contributed by atoms with E-state index in [-0.39, 0.29) is 11.9 Å². The van der Waals surface area contributed by atoms with Crippen molar-refractivity contribution in [1.82, 2.24) is 20.2 Å². The Morgan fingerprint density at radius 3 is 2.81 bits per heavy atom. The lowest BCUT2D eigenvalue weighted by molar-refractivity contribution is 0.0716. The molecule has 0 spiro atoms. The van der Waals surface area contributed by atoms with Gasteiger partial charge in [0.05, 0.1) is 28.4 Å². The molecule has 27 heavy (non-hydrogen) atoms. The molecule has 1 atom stereocenters. The van der Waals surface area contributed by atoms with E-state index in [4.69, 9.17) is 9.05 Å². The molecule has 1 aliphatic heterocycles. The molecule has 4 heterocycles. The van der Waals surface area contributed by atoms with Gasteiger partial charge in [-0.2, -0.15) is 0 Å². The van der Waals surface area contributed by atoms with Gasteiger partial charge >= 0.3 is 0 Å². The Morgan fingerprint density at radius 1 is 1.26 bits per heavy atom. The van der Waals surface area contributed by atoms with E-state index in [0.29, 0.717) is 17.8 Å². The second kappa shape index (κ2) is 7.13. The predicted molar refractivity (Wildman–Crippen MR) is 99.4 cm³/mol. The molecule has 7 nitrogen and oxygen atoms in total. The standard InChI is InChI=1S/C20H24N4O3/c1-4-7-15-18-14(11-13(5-2)21-19(18)27-23-15)20(25)24-9-6-8-16(24)17-10-12(3)22-26-17/h10-11,16H,4-9H2,1-3H3. The van der Waals surface area contributed by atoms with E-state index in [1.54, 1.807) is 0 Å². The second-order valence-corrected chi connectivity index (χ2v) is 7.10. The molecular weight excluding hydrogens is 344 g/mol. The van der Waals surface area contributed by atoms with Crippen LogP contribution < -0.4 is 0 Å². The Labute approximate surface area is 157 Å². The zero-order chi connectivity index (χ0) is 19.0. The van der Waals surface area contributed by atoms with Gasteiger partial charge in [-0.15, -0.1) is 0 Å². The zero-order valence-corrected chi connectivity index (χ0v) is 16.0. The number of hydrogen-bond acceptors (Lipinski definition) is 6. The molecule has 1 aliphatic rings. The molecule has 1 amide bonds. The van der Waals surface area contributed by atoms with Crippen LogP contribution >= 0.6 is 0 Å². The van der Waals surface area contributed by atoms with Gasteiger partial charge < -0.3 is 13.9 Å². The molecule has 1 unspecified atom stereocenters. The molecule has 0 radical (unpaired) electrons. The third-order valence-corrected chi connectivity index (χ3v) is 5.14. The summed E-state index contributed by atoms with van der Waals surface area (Å²) in [6.07, 6.45) is 4.22. The first-order valence-corrected chi connectivity index (χ1v) is 9.64. The summed E-state index contributed by atoms with van der Waals surface area (Å²) in [6, 6.07) is 3.72. The Kier molecular flexibility index (Phi) is 4.68. The van der Waals surface area contributed by atoms with Crippen LogP contribution in [0.5, 0.6) is 0 Å². The van der Waals surface area contributed by atoms with Crippen molar-refractivity contribution in [3.63, 3.8) is 0 Å². The van der Waals surface area contributed by atoms with Crippen LogP contribution in [0.25, 0.3) is 11.1 Å². The van der Waals surface area contributed by atoms with E-state index in [2.05, 4.69) is 22.2 Å². The minimum absolute atomic E-state index is 0.0193. The Balaban J connectivity index is 1.78. The summed E-state index contributed by atoms with van der Waals surface area (Å²) in [5, 5.41) is 8.91. The third-order valence-electron chi connectivity index (χ3n) is 5.14. The highest BCUT2D eigenvalue weighted by Gasteiger charge is 2.35. The maximum Gasteiger partial charge on any atom is 0.259 e. The van der Waals surface area contributed by atoms with Crippen LogP contribution in [0.2, 0.25) is 0 Å². The van der Waals surface area contributed by atoms with Gasteiger partial charge in [0.1, 0.15) is 0 Å². The fourth-order valence-electron chi connectivity index (χ4n) is 3.82. The molecule has 0 aromatic carbocycles. The molecule has 0 saturated carbocycles. The first-order chi connectivity index (χ1) is 13.1. The van der Waals surface area contributed by atoms with Gasteiger partial charge in [-0.3, -0.25) is 4.79 Å². The number of aryl methyl sites for hydroxylation is 3. The number of amides is 1. The average Bonchev–Trinajstić information content (AvgIpc) is 3.40. The van der Waals surface area contributed by atoms with Crippen molar-refractivity contribution in [3.05, 3.63) is 40.5 Å². The normalized spacial score (nSPS) is 17.1. The monoisotopic (exact) mass is 368 g/mol. The zero-order valence-electron chi connectivity index (χ0n) is 16.0. The van der Waals surface area contributed by atoms with Gasteiger partial charge in [0.2, 0.25) is 0 Å². The molecule has 3 aromatic rings. The number of nitrogens with zero attached hydrogens (tertiary/aromatic N) is 4. The average molecular weight is 368 g/mol. The number of hydrogen-bond donors (Lipinski definition) is 0. The molecule has 0 N–H and O–H groups in total. The van der Waals surface area contributed by atoms with Crippen LogP contribution in [0.1, 0.15) is 72.4 Å². The van der Waals surface area contributed by atoms with Crippen LogP contribution in [0, 0.1) is 6.92 Å². The molecule has 0 bridgehead atoms. The van der Waals surface area contributed by atoms with Crippen molar-refractivity contribution < 1.29 is 13.8 Å². The van der Waals surface area contributed by atoms with Gasteiger partial charge in [0, 0.05) is 18.3 Å². The summed E-state index contributed by atoms with van der Waals surface area (Å²) >= 11 is 0. The Bertz CT molecular complexity index is 975. The van der Waals surface area contributed by atoms with Gasteiger partial charge in [0.15, 0.2) is 5.76 Å². The highest BCUT2D eigenvalue weighted by atomic mass is 16.5. The summed E-state index contributed by atoms with van der Waals surface area (Å²) in [6.45, 7) is 6.69. The number of aromatic nitrogens is 3. The summed E-state index contributed by atoms with van der Waals surface area (Å²) in [5.41, 5.74) is 3.54. The van der Waals surface area contributed by atoms with E-state index in [0.717, 1.165) is 60.3 Å². The molecular formula is C20H24N4O3. The molecule has 1 saturated heterocycles. The molecule has 3 aromatic heterocycles. The van der Waals surface area contributed by atoms with Crippen LogP contribution in [0.15, 0.2) is 21.2 Å². The van der Waals surface area contributed by atoms with Crippen molar-refractivity contribution in [2.75, 3.05) is 6.54 Å². The number of carbonyl (C=O) groups excluding carboxylic acids is 1. The Morgan fingerprint density at radius 2 is 2.11 bits per heavy atom. The topological polar surface area (TPSA) is 85.3 Å². The Hall–Kier alpha value is -2.70. The fourth-order valence-corrected chi connectivity index (χ4v) is 3.82.